The van der Waals surface area contributed by atoms with E-state index in [1.54, 1.807) is 31.0 Å². The Balaban J connectivity index is 2.03. The van der Waals surface area contributed by atoms with Crippen molar-refractivity contribution in [3.8, 4) is 5.75 Å². The number of carbonyl (C=O) groups excluding carboxylic acids is 1. The molecule has 2 rings (SSSR count). The molecule has 1 fully saturated rings. The first-order valence-electron chi connectivity index (χ1n) is 8.28. The first-order valence-corrected chi connectivity index (χ1v) is 9.76. The zero-order valence-electron chi connectivity index (χ0n) is 14.5. The average Bonchev–Trinajstić information content (AvgIpc) is 2.60. The fourth-order valence-corrected chi connectivity index (χ4v) is 4.26. The fraction of sp³-hybridized carbons (Fsp3) is 0.588. The smallest absolute Gasteiger partial charge is 0.241 e. The summed E-state index contributed by atoms with van der Waals surface area (Å²) in [5, 5.41) is 0. The van der Waals surface area contributed by atoms with Gasteiger partial charge in [-0.1, -0.05) is 19.3 Å². The van der Waals surface area contributed by atoms with E-state index >= 15 is 0 Å². The van der Waals surface area contributed by atoms with Gasteiger partial charge >= 0.3 is 0 Å². The maximum Gasteiger partial charge on any atom is 0.241 e. The maximum atomic E-state index is 12.5. The van der Waals surface area contributed by atoms with Crippen LogP contribution >= 0.6 is 0 Å². The molecule has 7 heteroatoms. The van der Waals surface area contributed by atoms with Gasteiger partial charge in [0.2, 0.25) is 15.9 Å². The third-order valence-electron chi connectivity index (χ3n) is 4.54. The molecule has 24 heavy (non-hydrogen) atoms. The van der Waals surface area contributed by atoms with Gasteiger partial charge in [0.15, 0.2) is 0 Å². The van der Waals surface area contributed by atoms with Gasteiger partial charge in [0, 0.05) is 13.1 Å². The number of benzene rings is 1. The first-order chi connectivity index (χ1) is 11.3. The Morgan fingerprint density at radius 1 is 1.21 bits per heavy atom. The number of hydrogen-bond acceptors (Lipinski definition) is 4. The second-order valence-corrected chi connectivity index (χ2v) is 7.97. The zero-order valence-corrected chi connectivity index (χ0v) is 15.3. The summed E-state index contributed by atoms with van der Waals surface area (Å²) in [6, 6.07) is 5.49. The Morgan fingerprint density at radius 3 is 2.33 bits per heavy atom. The molecule has 1 N–H and O–H groups in total. The largest absolute Gasteiger partial charge is 0.497 e. The number of sulfonamides is 1. The molecule has 0 bridgehead atoms. The van der Waals surface area contributed by atoms with Gasteiger partial charge in [0.25, 0.3) is 0 Å². The molecule has 0 spiro atoms. The fourth-order valence-electron chi connectivity index (χ4n) is 3.06. The monoisotopic (exact) mass is 354 g/mol. The third-order valence-corrected chi connectivity index (χ3v) is 6.10. The van der Waals surface area contributed by atoms with Crippen molar-refractivity contribution < 1.29 is 17.9 Å². The molecule has 6 nitrogen and oxygen atoms in total. The van der Waals surface area contributed by atoms with Gasteiger partial charge < -0.3 is 9.64 Å². The van der Waals surface area contributed by atoms with Gasteiger partial charge in [-0.05, 0) is 44.0 Å². The highest BCUT2D eigenvalue weighted by molar-refractivity contribution is 7.89. The van der Waals surface area contributed by atoms with Crippen LogP contribution in [0, 0.1) is 0 Å². The number of methoxy groups -OCH3 is 1. The normalized spacial score (nSPS) is 17.3. The molecule has 1 atom stereocenters. The summed E-state index contributed by atoms with van der Waals surface area (Å²) in [6.07, 6.45) is 5.42. The molecule has 1 aromatic rings. The van der Waals surface area contributed by atoms with Crippen molar-refractivity contribution in [2.45, 2.75) is 56.0 Å². The van der Waals surface area contributed by atoms with Crippen LogP contribution in [0.2, 0.25) is 0 Å². The van der Waals surface area contributed by atoms with Crippen molar-refractivity contribution >= 4 is 15.9 Å². The van der Waals surface area contributed by atoms with Crippen molar-refractivity contribution in [2.24, 2.45) is 0 Å². The highest BCUT2D eigenvalue weighted by atomic mass is 32.2. The lowest BCUT2D eigenvalue weighted by molar-refractivity contribution is -0.133. The summed E-state index contributed by atoms with van der Waals surface area (Å²) in [5.41, 5.74) is 0. The second-order valence-electron chi connectivity index (χ2n) is 6.26. The van der Waals surface area contributed by atoms with Crippen LogP contribution in [0.1, 0.15) is 39.0 Å². The first kappa shape index (κ1) is 18.7. The van der Waals surface area contributed by atoms with Crippen molar-refractivity contribution in [2.75, 3.05) is 14.2 Å². The number of ether oxygens (including phenoxy) is 1. The van der Waals surface area contributed by atoms with Gasteiger partial charge in [-0.3, -0.25) is 4.79 Å². The minimum atomic E-state index is -3.75. The number of likely N-dealkylation sites (N-methyl/N-ethyl adjacent to an activating group) is 1. The molecule has 134 valence electrons. The summed E-state index contributed by atoms with van der Waals surface area (Å²) in [7, 11) is -0.469. The molecule has 1 aliphatic rings. The topological polar surface area (TPSA) is 75.7 Å². The van der Waals surface area contributed by atoms with Gasteiger partial charge in [-0.25, -0.2) is 8.42 Å². The van der Waals surface area contributed by atoms with Gasteiger partial charge in [-0.15, -0.1) is 0 Å². The molecule has 1 amide bonds. The van der Waals surface area contributed by atoms with Gasteiger partial charge in [0.1, 0.15) is 5.75 Å². The third kappa shape index (κ3) is 4.48. The van der Waals surface area contributed by atoms with E-state index in [0.29, 0.717) is 5.75 Å². The van der Waals surface area contributed by atoms with Gasteiger partial charge in [0.05, 0.1) is 18.0 Å². The van der Waals surface area contributed by atoms with Crippen LogP contribution in [-0.4, -0.2) is 45.5 Å². The van der Waals surface area contributed by atoms with Crippen molar-refractivity contribution in [3.63, 3.8) is 0 Å². The van der Waals surface area contributed by atoms with Crippen LogP contribution in [0.4, 0.5) is 0 Å². The van der Waals surface area contributed by atoms with Crippen molar-refractivity contribution in [1.29, 1.82) is 0 Å². The summed E-state index contributed by atoms with van der Waals surface area (Å²) in [4.78, 5) is 14.3. The lowest BCUT2D eigenvalue weighted by Crippen LogP contribution is -2.49. The minimum absolute atomic E-state index is 0.114. The van der Waals surface area contributed by atoms with Crippen molar-refractivity contribution in [1.82, 2.24) is 9.62 Å². The summed E-state index contributed by atoms with van der Waals surface area (Å²) in [5.74, 6) is 0.383. The molecule has 1 aromatic carbocycles. The Hall–Kier alpha value is -1.60. The Morgan fingerprint density at radius 2 is 1.79 bits per heavy atom. The van der Waals surface area contributed by atoms with E-state index in [1.807, 2.05) is 0 Å². The zero-order chi connectivity index (χ0) is 17.7. The van der Waals surface area contributed by atoms with Crippen LogP contribution < -0.4 is 9.46 Å². The highest BCUT2D eigenvalue weighted by Crippen LogP contribution is 2.22. The maximum absolute atomic E-state index is 12.5. The van der Waals surface area contributed by atoms with Crippen LogP contribution in [0.25, 0.3) is 0 Å². The highest BCUT2D eigenvalue weighted by Gasteiger charge is 2.28. The van der Waals surface area contributed by atoms with E-state index in [9.17, 15) is 13.2 Å². The number of carbonyl (C=O) groups is 1. The molecular formula is C17H26N2O4S. The van der Waals surface area contributed by atoms with Crippen molar-refractivity contribution in [3.05, 3.63) is 24.3 Å². The van der Waals surface area contributed by atoms with Gasteiger partial charge in [-0.2, -0.15) is 4.72 Å². The van der Waals surface area contributed by atoms with E-state index in [2.05, 4.69) is 4.72 Å². The predicted molar refractivity (Wildman–Crippen MR) is 92.4 cm³/mol. The van der Waals surface area contributed by atoms with Crippen LogP contribution in [0.5, 0.6) is 5.75 Å². The number of hydrogen-bond donors (Lipinski definition) is 1. The molecule has 1 aliphatic carbocycles. The van der Waals surface area contributed by atoms with Crippen LogP contribution in [-0.2, 0) is 14.8 Å². The summed E-state index contributed by atoms with van der Waals surface area (Å²) >= 11 is 0. The number of nitrogens with one attached hydrogen (secondary N) is 1. The minimum Gasteiger partial charge on any atom is -0.497 e. The Kier molecular flexibility index (Phi) is 6.23. The van der Waals surface area contributed by atoms with E-state index < -0.39 is 16.1 Å². The summed E-state index contributed by atoms with van der Waals surface area (Å²) in [6.45, 7) is 1.59. The SMILES string of the molecule is COc1ccc(S(=O)(=O)NC(C)C(=O)N(C)C2CCCCC2)cc1. The Labute approximate surface area is 144 Å². The molecule has 0 radical (unpaired) electrons. The standard InChI is InChI=1S/C17H26N2O4S/c1-13(17(20)19(2)14-7-5-4-6-8-14)18-24(21,22)16-11-9-15(23-3)10-12-16/h9-14,18H,4-8H2,1-3H3. The molecular weight excluding hydrogens is 328 g/mol. The summed E-state index contributed by atoms with van der Waals surface area (Å²) < 4.78 is 32.3. The van der Waals surface area contributed by atoms with E-state index in [-0.39, 0.29) is 16.8 Å². The Bertz CT molecular complexity index is 652. The average molecular weight is 354 g/mol. The molecule has 0 aliphatic heterocycles. The van der Waals surface area contributed by atoms with Crippen LogP contribution in [0.15, 0.2) is 29.2 Å². The van der Waals surface area contributed by atoms with Crippen LogP contribution in [0.3, 0.4) is 0 Å². The predicted octanol–water partition coefficient (Wildman–Crippen LogP) is 2.15. The lowest BCUT2D eigenvalue weighted by Gasteiger charge is -2.33. The molecule has 1 saturated carbocycles. The van der Waals surface area contributed by atoms with E-state index in [1.165, 1.54) is 25.7 Å². The number of rotatable bonds is 6. The number of amides is 1. The molecule has 0 aromatic heterocycles. The molecule has 0 saturated heterocycles. The van der Waals surface area contributed by atoms with E-state index in [4.69, 9.17) is 4.74 Å². The second kappa shape index (κ2) is 7.98. The molecule has 1 unspecified atom stereocenters. The number of nitrogens with zero attached hydrogens (tertiary/aromatic N) is 1. The van der Waals surface area contributed by atoms with E-state index in [0.717, 1.165) is 25.7 Å². The lowest BCUT2D eigenvalue weighted by atomic mass is 9.94. The quantitative estimate of drug-likeness (QED) is 0.849. The molecule has 0 heterocycles.